The third kappa shape index (κ3) is 4.72. The summed E-state index contributed by atoms with van der Waals surface area (Å²) in [5, 5.41) is 25.9. The van der Waals surface area contributed by atoms with Gasteiger partial charge in [0.15, 0.2) is 5.96 Å². The van der Waals surface area contributed by atoms with Gasteiger partial charge in [-0.25, -0.2) is 0 Å². The van der Waals surface area contributed by atoms with Crippen LogP contribution in [0.1, 0.15) is 74.1 Å². The van der Waals surface area contributed by atoms with E-state index in [4.69, 9.17) is 19.6 Å². The highest BCUT2D eigenvalue weighted by Crippen LogP contribution is 2.42. The van der Waals surface area contributed by atoms with E-state index in [1.165, 1.54) is 12.0 Å². The molecule has 2 aromatic carbocycles. The molecule has 0 spiro atoms. The van der Waals surface area contributed by atoms with Crippen LogP contribution in [0.4, 0.5) is 0 Å². The number of carbonyl (C=O) groups is 2. The number of methoxy groups -OCH3 is 1. The fraction of sp³-hybridized carbons (Fsp3) is 0.483. The average Bonchev–Trinajstić information content (AvgIpc) is 2.90. The molecular weight excluding hydrogens is 500 g/mol. The maximum atomic E-state index is 13.6. The Labute approximate surface area is 228 Å². The number of guanidine groups is 1. The Morgan fingerprint density at radius 3 is 2.64 bits per heavy atom. The number of nitrogens with zero attached hydrogens (tertiary/aromatic N) is 1. The second-order valence-corrected chi connectivity index (χ2v) is 11.3. The molecule has 39 heavy (non-hydrogen) atoms. The molecule has 0 bridgehead atoms. The van der Waals surface area contributed by atoms with Crippen molar-refractivity contribution in [1.29, 1.82) is 5.41 Å². The van der Waals surface area contributed by atoms with Crippen LogP contribution >= 0.6 is 0 Å². The molecule has 0 radical (unpaired) electrons. The number of hydrogen-bond donors (Lipinski definition) is 4. The lowest BCUT2D eigenvalue weighted by Gasteiger charge is -2.46. The van der Waals surface area contributed by atoms with Crippen LogP contribution in [0.3, 0.4) is 0 Å². The summed E-state index contributed by atoms with van der Waals surface area (Å²) in [6.07, 6.45) is -0.618. The van der Waals surface area contributed by atoms with Crippen molar-refractivity contribution in [3.8, 4) is 11.5 Å². The number of hydrogen-bond acceptors (Lipinski definition) is 7. The number of amides is 2. The lowest BCUT2D eigenvalue weighted by atomic mass is 9.86. The van der Waals surface area contributed by atoms with Crippen molar-refractivity contribution in [2.24, 2.45) is 0 Å². The highest BCUT2D eigenvalue weighted by Gasteiger charge is 2.46. The van der Waals surface area contributed by atoms with Crippen molar-refractivity contribution in [2.45, 2.75) is 76.0 Å². The third-order valence-corrected chi connectivity index (χ3v) is 8.12. The van der Waals surface area contributed by atoms with Crippen LogP contribution in [0.25, 0.3) is 0 Å². The molecule has 1 saturated heterocycles. The molecule has 3 heterocycles. The van der Waals surface area contributed by atoms with Gasteiger partial charge < -0.3 is 30.0 Å². The van der Waals surface area contributed by atoms with E-state index in [1.807, 2.05) is 38.1 Å². The zero-order chi connectivity index (χ0) is 28.1. The van der Waals surface area contributed by atoms with E-state index >= 15 is 0 Å². The molecule has 10 heteroatoms. The highest BCUT2D eigenvalue weighted by atomic mass is 16.5. The van der Waals surface area contributed by atoms with Gasteiger partial charge >= 0.3 is 0 Å². The van der Waals surface area contributed by atoms with Gasteiger partial charge in [0.1, 0.15) is 35.9 Å². The molecule has 5 rings (SSSR count). The maximum Gasteiger partial charge on any atom is 0.251 e. The van der Waals surface area contributed by atoms with Crippen LogP contribution in [0, 0.1) is 5.41 Å². The Balaban J connectivity index is 1.48. The zero-order valence-corrected chi connectivity index (χ0v) is 22.9. The molecule has 2 aromatic rings. The lowest BCUT2D eigenvalue weighted by Crippen LogP contribution is -2.63. The van der Waals surface area contributed by atoms with E-state index in [-0.39, 0.29) is 24.9 Å². The number of ether oxygens (including phenoxy) is 3. The SMILES string of the molecule is CC[C@]1(C)CC(=O)N([C@H]2c3cc(C(=O)N[C@@H]4c5ccccc5OC(C)(C)[C@H]4O)ccc3OC[C@@H]2OC)C(=N)N1. The molecule has 3 aliphatic heterocycles. The van der Waals surface area contributed by atoms with Gasteiger partial charge in [0, 0.05) is 29.3 Å². The number of para-hydroxylation sites is 1. The summed E-state index contributed by atoms with van der Waals surface area (Å²) in [5.74, 6) is 0.529. The van der Waals surface area contributed by atoms with Crippen LogP contribution in [0.2, 0.25) is 0 Å². The molecule has 10 nitrogen and oxygen atoms in total. The van der Waals surface area contributed by atoms with Gasteiger partial charge in [-0.3, -0.25) is 19.9 Å². The number of nitrogens with one attached hydrogen (secondary N) is 3. The topological polar surface area (TPSA) is 133 Å². The van der Waals surface area contributed by atoms with E-state index in [0.717, 1.165) is 0 Å². The zero-order valence-electron chi connectivity index (χ0n) is 22.9. The van der Waals surface area contributed by atoms with Crippen molar-refractivity contribution in [3.05, 3.63) is 59.2 Å². The minimum Gasteiger partial charge on any atom is -0.490 e. The largest absolute Gasteiger partial charge is 0.490 e. The highest BCUT2D eigenvalue weighted by molar-refractivity contribution is 6.00. The molecule has 0 saturated carbocycles. The number of rotatable bonds is 5. The first-order chi connectivity index (χ1) is 18.5. The number of carbonyl (C=O) groups excluding carboxylic acids is 2. The second kappa shape index (κ2) is 9.84. The minimum absolute atomic E-state index is 0.00507. The monoisotopic (exact) mass is 536 g/mol. The molecule has 0 unspecified atom stereocenters. The van der Waals surface area contributed by atoms with Crippen LogP contribution in [-0.2, 0) is 9.53 Å². The molecule has 0 aromatic heterocycles. The molecule has 4 N–H and O–H groups in total. The number of benzene rings is 2. The van der Waals surface area contributed by atoms with Crippen LogP contribution in [0.5, 0.6) is 11.5 Å². The van der Waals surface area contributed by atoms with E-state index in [9.17, 15) is 14.7 Å². The Bertz CT molecular complexity index is 1290. The molecule has 208 valence electrons. The van der Waals surface area contributed by atoms with E-state index in [0.29, 0.717) is 34.6 Å². The summed E-state index contributed by atoms with van der Waals surface area (Å²) in [4.78, 5) is 28.4. The smallest absolute Gasteiger partial charge is 0.251 e. The number of aliphatic hydroxyl groups is 1. The van der Waals surface area contributed by atoms with Gasteiger partial charge in [0.05, 0.1) is 18.5 Å². The van der Waals surface area contributed by atoms with Gasteiger partial charge in [0.2, 0.25) is 5.91 Å². The fourth-order valence-electron chi connectivity index (χ4n) is 5.59. The lowest BCUT2D eigenvalue weighted by molar-refractivity contribution is -0.136. The van der Waals surface area contributed by atoms with Crippen molar-refractivity contribution in [3.63, 3.8) is 0 Å². The number of aliphatic hydroxyl groups excluding tert-OH is 1. The summed E-state index contributed by atoms with van der Waals surface area (Å²) in [7, 11) is 1.54. The van der Waals surface area contributed by atoms with Crippen molar-refractivity contribution < 1.29 is 28.9 Å². The van der Waals surface area contributed by atoms with Crippen molar-refractivity contribution >= 4 is 17.8 Å². The fourth-order valence-corrected chi connectivity index (χ4v) is 5.59. The van der Waals surface area contributed by atoms with Gasteiger partial charge in [-0.15, -0.1) is 0 Å². The molecule has 1 fully saturated rings. The van der Waals surface area contributed by atoms with E-state index < -0.39 is 41.3 Å². The van der Waals surface area contributed by atoms with Crippen molar-refractivity contribution in [2.75, 3.05) is 13.7 Å². The molecule has 5 atom stereocenters. The van der Waals surface area contributed by atoms with Crippen LogP contribution in [-0.4, -0.2) is 64.8 Å². The second-order valence-electron chi connectivity index (χ2n) is 11.3. The normalized spacial score (nSPS) is 29.3. The van der Waals surface area contributed by atoms with E-state index in [1.54, 1.807) is 32.0 Å². The van der Waals surface area contributed by atoms with Crippen LogP contribution in [0.15, 0.2) is 42.5 Å². The van der Waals surface area contributed by atoms with E-state index in [2.05, 4.69) is 10.6 Å². The standard InChI is InChI=1S/C29H36N4O6/c1-6-29(4)14-22(34)33(27(30)32-29)24-18-13-16(11-12-19(18)38-15-21(24)37-5)26(36)31-23-17-9-7-8-10-20(17)39-28(2,3)25(23)35/h7-13,21,23-25,35H,6,14-15H2,1-5H3,(H2,30,32)(H,31,36)/t21-,23+,24-,25-,29+/m0/s1. The molecule has 3 aliphatic rings. The quantitative estimate of drug-likeness (QED) is 0.462. The molecule has 2 amide bonds. The first-order valence-corrected chi connectivity index (χ1v) is 13.2. The van der Waals surface area contributed by atoms with Gasteiger partial charge in [0.25, 0.3) is 5.91 Å². The Kier molecular flexibility index (Phi) is 6.80. The maximum absolute atomic E-state index is 13.6. The average molecular weight is 537 g/mol. The third-order valence-electron chi connectivity index (χ3n) is 8.12. The van der Waals surface area contributed by atoms with Gasteiger partial charge in [-0.1, -0.05) is 25.1 Å². The summed E-state index contributed by atoms with van der Waals surface area (Å²) in [6.45, 7) is 7.66. The summed E-state index contributed by atoms with van der Waals surface area (Å²) < 4.78 is 17.6. The Morgan fingerprint density at radius 2 is 1.95 bits per heavy atom. The van der Waals surface area contributed by atoms with Gasteiger partial charge in [-0.2, -0.15) is 0 Å². The van der Waals surface area contributed by atoms with Crippen molar-refractivity contribution in [1.82, 2.24) is 15.5 Å². The first kappa shape index (κ1) is 27.0. The van der Waals surface area contributed by atoms with Gasteiger partial charge in [-0.05, 0) is 51.5 Å². The predicted octanol–water partition coefficient (Wildman–Crippen LogP) is 3.06. The number of fused-ring (bicyclic) bond motifs is 2. The molecular formula is C29H36N4O6. The molecule has 0 aliphatic carbocycles. The minimum atomic E-state index is -0.992. The summed E-state index contributed by atoms with van der Waals surface area (Å²) in [5.41, 5.74) is 0.178. The summed E-state index contributed by atoms with van der Waals surface area (Å²) in [6, 6.07) is 11.0. The first-order valence-electron chi connectivity index (χ1n) is 13.2. The van der Waals surface area contributed by atoms with Crippen LogP contribution < -0.4 is 20.1 Å². The predicted molar refractivity (Wildman–Crippen MR) is 144 cm³/mol. The Hall–Kier alpha value is -3.63. The summed E-state index contributed by atoms with van der Waals surface area (Å²) >= 11 is 0. The Morgan fingerprint density at radius 1 is 1.21 bits per heavy atom.